The van der Waals surface area contributed by atoms with Gasteiger partial charge in [-0.05, 0) is 67.1 Å². The number of carbonyl (C=O) groups is 3. The quantitative estimate of drug-likeness (QED) is 0.274. The first-order valence-corrected chi connectivity index (χ1v) is 14.1. The Balaban J connectivity index is 1.49. The lowest BCUT2D eigenvalue weighted by Crippen LogP contribution is -2.47. The van der Waals surface area contributed by atoms with Crippen molar-refractivity contribution in [1.29, 1.82) is 0 Å². The minimum Gasteiger partial charge on any atom is -0.465 e. The summed E-state index contributed by atoms with van der Waals surface area (Å²) in [4.78, 5) is 41.7. The van der Waals surface area contributed by atoms with Crippen LogP contribution in [0.4, 0.5) is 0 Å². The molecule has 0 spiro atoms. The van der Waals surface area contributed by atoms with Gasteiger partial charge in [-0.3, -0.25) is 9.59 Å². The zero-order valence-corrected chi connectivity index (χ0v) is 23.9. The largest absolute Gasteiger partial charge is 0.465 e. The van der Waals surface area contributed by atoms with E-state index in [-0.39, 0.29) is 31.0 Å². The molecule has 0 saturated carbocycles. The molecule has 2 amide bonds. The maximum atomic E-state index is 14.1. The van der Waals surface area contributed by atoms with E-state index in [4.69, 9.17) is 9.47 Å². The molecule has 1 aliphatic rings. The number of amides is 2. The zero-order valence-electron chi connectivity index (χ0n) is 23.9. The van der Waals surface area contributed by atoms with Crippen molar-refractivity contribution in [2.24, 2.45) is 0 Å². The number of carbonyl (C=O) groups excluding carboxylic acids is 3. The first kappa shape index (κ1) is 28.9. The number of nitrogens with one attached hydrogen (secondary N) is 1. The smallest absolute Gasteiger partial charge is 0.337 e. The van der Waals surface area contributed by atoms with Crippen LogP contribution in [-0.4, -0.2) is 70.6 Å². The van der Waals surface area contributed by atoms with Crippen LogP contribution in [0, 0.1) is 6.92 Å². The first-order valence-electron chi connectivity index (χ1n) is 14.1. The summed E-state index contributed by atoms with van der Waals surface area (Å²) < 4.78 is 12.1. The second-order valence-corrected chi connectivity index (χ2v) is 10.4. The van der Waals surface area contributed by atoms with Crippen LogP contribution in [0.2, 0.25) is 0 Å². The van der Waals surface area contributed by atoms with E-state index in [1.54, 1.807) is 33.8 Å². The summed E-state index contributed by atoms with van der Waals surface area (Å²) in [6, 6.07) is 21.1. The molecular weight excluding hydrogens is 534 g/mol. The highest BCUT2D eigenvalue weighted by molar-refractivity contribution is 5.91. The van der Waals surface area contributed by atoms with Crippen molar-refractivity contribution in [2.45, 2.75) is 44.9 Å². The predicted octanol–water partition coefficient (Wildman–Crippen LogP) is 3.63. The average molecular weight is 570 g/mol. The molecular formula is C32H35N5O5. The van der Waals surface area contributed by atoms with Crippen LogP contribution in [0.3, 0.4) is 0 Å². The average Bonchev–Trinajstić information content (AvgIpc) is 3.69. The second-order valence-electron chi connectivity index (χ2n) is 10.4. The van der Waals surface area contributed by atoms with Gasteiger partial charge >= 0.3 is 5.97 Å². The van der Waals surface area contributed by atoms with Crippen LogP contribution < -0.4 is 5.32 Å². The van der Waals surface area contributed by atoms with Crippen molar-refractivity contribution in [3.05, 3.63) is 95.1 Å². The van der Waals surface area contributed by atoms with E-state index in [2.05, 4.69) is 15.6 Å². The molecule has 1 aromatic heterocycles. The van der Waals surface area contributed by atoms with Crippen molar-refractivity contribution in [3.63, 3.8) is 0 Å². The molecule has 2 heterocycles. The fourth-order valence-corrected chi connectivity index (χ4v) is 5.29. The Kier molecular flexibility index (Phi) is 9.23. The fourth-order valence-electron chi connectivity index (χ4n) is 5.29. The fraction of sp³-hybridized carbons (Fsp3) is 0.344. The molecule has 42 heavy (non-hydrogen) atoms. The molecule has 2 atom stereocenters. The summed E-state index contributed by atoms with van der Waals surface area (Å²) >= 11 is 0. The Hall–Kier alpha value is -4.57. The van der Waals surface area contributed by atoms with E-state index in [1.807, 2.05) is 55.5 Å². The lowest BCUT2D eigenvalue weighted by molar-refractivity contribution is -0.141. The third-order valence-electron chi connectivity index (χ3n) is 7.64. The van der Waals surface area contributed by atoms with Crippen LogP contribution in [0.1, 0.15) is 45.9 Å². The van der Waals surface area contributed by atoms with Crippen LogP contribution >= 0.6 is 0 Å². The standard InChI is InChI=1S/C32H35N5O5/c1-22-8-3-4-9-23(22)17-18-36(29(38)21-37-28-12-6-5-11-27(28)34-35-37)30(31(39)33-20-26-10-7-19-42-26)24-13-15-25(16-14-24)32(40)41-2/h3-6,8-9,11-16,26,30H,7,10,17-21H2,1-2H3,(H,33,39)/t26-,30-/m0/s1. The van der Waals surface area contributed by atoms with Gasteiger partial charge in [0.05, 0.1) is 24.3 Å². The number of ether oxygens (including phenoxy) is 2. The molecule has 1 N–H and O–H groups in total. The third kappa shape index (κ3) is 6.66. The van der Waals surface area contributed by atoms with Crippen LogP contribution in [0.5, 0.6) is 0 Å². The number of methoxy groups -OCH3 is 1. The number of para-hydroxylation sites is 1. The van der Waals surface area contributed by atoms with Gasteiger partial charge in [-0.25, -0.2) is 9.48 Å². The summed E-state index contributed by atoms with van der Waals surface area (Å²) in [6.07, 6.45) is 2.31. The van der Waals surface area contributed by atoms with Gasteiger partial charge in [0.25, 0.3) is 0 Å². The molecule has 0 bridgehead atoms. The molecule has 1 saturated heterocycles. The summed E-state index contributed by atoms with van der Waals surface area (Å²) in [5.74, 6) is -1.09. The van der Waals surface area contributed by atoms with Gasteiger partial charge in [0, 0.05) is 19.7 Å². The highest BCUT2D eigenvalue weighted by Gasteiger charge is 2.33. The van der Waals surface area contributed by atoms with Crippen molar-refractivity contribution in [2.75, 3.05) is 26.8 Å². The third-order valence-corrected chi connectivity index (χ3v) is 7.64. The Morgan fingerprint density at radius 2 is 1.83 bits per heavy atom. The van der Waals surface area contributed by atoms with E-state index >= 15 is 0 Å². The minimum atomic E-state index is -0.954. The number of nitrogens with zero attached hydrogens (tertiary/aromatic N) is 4. The van der Waals surface area contributed by atoms with Gasteiger partial charge in [0.2, 0.25) is 11.8 Å². The number of aromatic nitrogens is 3. The van der Waals surface area contributed by atoms with E-state index in [9.17, 15) is 14.4 Å². The van der Waals surface area contributed by atoms with Crippen LogP contribution in [0.15, 0.2) is 72.8 Å². The topological polar surface area (TPSA) is 116 Å². The van der Waals surface area contributed by atoms with Gasteiger partial charge in [0.1, 0.15) is 18.1 Å². The molecule has 5 rings (SSSR count). The van der Waals surface area contributed by atoms with Gasteiger partial charge in [0.15, 0.2) is 0 Å². The van der Waals surface area contributed by atoms with Crippen molar-refractivity contribution < 1.29 is 23.9 Å². The van der Waals surface area contributed by atoms with Gasteiger partial charge in [-0.1, -0.05) is 53.7 Å². The van der Waals surface area contributed by atoms with Gasteiger partial charge < -0.3 is 19.7 Å². The Morgan fingerprint density at radius 1 is 1.07 bits per heavy atom. The van der Waals surface area contributed by atoms with E-state index < -0.39 is 12.0 Å². The summed E-state index contributed by atoms with van der Waals surface area (Å²) in [7, 11) is 1.32. The predicted molar refractivity (Wildman–Crippen MR) is 157 cm³/mol. The van der Waals surface area contributed by atoms with Crippen LogP contribution in [-0.2, 0) is 32.0 Å². The highest BCUT2D eigenvalue weighted by atomic mass is 16.5. The number of rotatable bonds is 11. The molecule has 1 fully saturated rings. The van der Waals surface area contributed by atoms with Crippen molar-refractivity contribution in [1.82, 2.24) is 25.2 Å². The number of hydrogen-bond acceptors (Lipinski definition) is 7. The SMILES string of the molecule is COC(=O)c1ccc([C@@H](C(=O)NC[C@@H]2CCCO2)N(CCc2ccccc2C)C(=O)Cn2nnc3ccccc32)cc1. The zero-order chi connectivity index (χ0) is 29.5. The van der Waals surface area contributed by atoms with Crippen molar-refractivity contribution in [3.8, 4) is 0 Å². The molecule has 0 radical (unpaired) electrons. The van der Waals surface area contributed by atoms with E-state index in [0.717, 1.165) is 29.5 Å². The second kappa shape index (κ2) is 13.4. The van der Waals surface area contributed by atoms with E-state index in [0.29, 0.717) is 36.2 Å². The molecule has 0 aliphatic carbocycles. The molecule has 3 aromatic carbocycles. The number of fused-ring (bicyclic) bond motifs is 1. The molecule has 218 valence electrons. The lowest BCUT2D eigenvalue weighted by atomic mass is 10.00. The number of hydrogen-bond donors (Lipinski definition) is 1. The Morgan fingerprint density at radius 3 is 2.57 bits per heavy atom. The Labute approximate surface area is 244 Å². The normalized spacial score (nSPS) is 15.3. The number of aryl methyl sites for hydroxylation is 1. The monoisotopic (exact) mass is 569 g/mol. The van der Waals surface area contributed by atoms with Gasteiger partial charge in [-0.2, -0.15) is 0 Å². The lowest BCUT2D eigenvalue weighted by Gasteiger charge is -2.32. The number of esters is 1. The Bertz CT molecular complexity index is 1540. The van der Waals surface area contributed by atoms with Gasteiger partial charge in [-0.15, -0.1) is 5.10 Å². The molecule has 1 aliphatic heterocycles. The maximum Gasteiger partial charge on any atom is 0.337 e. The molecule has 0 unspecified atom stereocenters. The number of benzene rings is 3. The van der Waals surface area contributed by atoms with Crippen LogP contribution in [0.25, 0.3) is 11.0 Å². The summed E-state index contributed by atoms with van der Waals surface area (Å²) in [6.45, 7) is 3.24. The van der Waals surface area contributed by atoms with E-state index in [1.165, 1.54) is 7.11 Å². The summed E-state index contributed by atoms with van der Waals surface area (Å²) in [5.41, 5.74) is 4.53. The molecule has 10 nitrogen and oxygen atoms in total. The van der Waals surface area contributed by atoms with Crippen molar-refractivity contribution >= 4 is 28.8 Å². The highest BCUT2D eigenvalue weighted by Crippen LogP contribution is 2.25. The summed E-state index contributed by atoms with van der Waals surface area (Å²) in [5, 5.41) is 11.4. The molecule has 4 aromatic rings. The maximum absolute atomic E-state index is 14.1. The molecule has 10 heteroatoms. The minimum absolute atomic E-state index is 0.0612. The first-order chi connectivity index (χ1) is 20.4.